The van der Waals surface area contributed by atoms with Crippen LogP contribution in [0, 0.1) is 0 Å². The first-order valence-electron chi connectivity index (χ1n) is 14.4. The Labute approximate surface area is 280 Å². The van der Waals surface area contributed by atoms with Crippen molar-refractivity contribution >= 4 is 56.5 Å². The van der Waals surface area contributed by atoms with Gasteiger partial charge in [-0.1, -0.05) is 6.07 Å². The second-order valence-corrected chi connectivity index (χ2v) is 18.0. The molecule has 2 aliphatic rings. The highest BCUT2D eigenvalue weighted by molar-refractivity contribution is 8.71. The van der Waals surface area contributed by atoms with Crippen molar-refractivity contribution in [2.75, 3.05) is 49.6 Å². The first-order valence-corrected chi connectivity index (χ1v) is 20.7. The Morgan fingerprint density at radius 1 is 0.870 bits per heavy atom. The van der Waals surface area contributed by atoms with Crippen LogP contribution in [-0.2, 0) is 29.0 Å². The maximum absolute atomic E-state index is 13.1. The van der Waals surface area contributed by atoms with E-state index in [1.807, 2.05) is 64.1 Å². The molecule has 2 aromatic carbocycles. The van der Waals surface area contributed by atoms with E-state index in [0.29, 0.717) is 38.7 Å². The van der Waals surface area contributed by atoms with E-state index >= 15 is 0 Å². The number of nitrogens with one attached hydrogen (secondary N) is 1. The van der Waals surface area contributed by atoms with Crippen LogP contribution in [0.3, 0.4) is 0 Å². The SMILES string of the molecule is CCN(CC)c1ccc2c(-c3ccc(S(=O)(=O)NCCSS(C)(=O)=O)cc3S(=O)(=O)O)c3ccc(=[N+](CC)CC)cc-3oc2c1.[Cl-]. The predicted molar refractivity (Wildman–Crippen MR) is 180 cm³/mol. The molecular formula is C30H38ClN3O8S4. The number of benzene rings is 3. The second-order valence-electron chi connectivity index (χ2n) is 10.2. The summed E-state index contributed by atoms with van der Waals surface area (Å²) in [6, 6.07) is 14.8. The molecule has 0 aromatic heterocycles. The third kappa shape index (κ3) is 8.43. The smallest absolute Gasteiger partial charge is 0.295 e. The fraction of sp³-hybridized carbons (Fsp3) is 0.367. The summed E-state index contributed by atoms with van der Waals surface area (Å²) in [4.78, 5) is 1.16. The lowest BCUT2D eigenvalue weighted by Crippen LogP contribution is -3.00. The molecule has 0 unspecified atom stereocenters. The van der Waals surface area contributed by atoms with Gasteiger partial charge in [-0.15, -0.1) is 0 Å². The zero-order valence-electron chi connectivity index (χ0n) is 26.1. The van der Waals surface area contributed by atoms with Gasteiger partial charge in [-0.25, -0.2) is 26.1 Å². The summed E-state index contributed by atoms with van der Waals surface area (Å²) >= 11 is 0. The van der Waals surface area contributed by atoms with Gasteiger partial charge in [-0.3, -0.25) is 4.55 Å². The molecular weight excluding hydrogens is 694 g/mol. The van der Waals surface area contributed by atoms with Crippen molar-refractivity contribution in [3.05, 3.63) is 60.0 Å². The van der Waals surface area contributed by atoms with Gasteiger partial charge in [0.2, 0.25) is 15.4 Å². The molecule has 46 heavy (non-hydrogen) atoms. The minimum atomic E-state index is -4.93. The molecule has 0 radical (unpaired) electrons. The average Bonchev–Trinajstić information content (AvgIpc) is 2.98. The maximum Gasteiger partial charge on any atom is 0.295 e. The van der Waals surface area contributed by atoms with Gasteiger partial charge in [-0.05, 0) is 68.8 Å². The molecule has 0 saturated carbocycles. The average molecular weight is 732 g/mol. The normalized spacial score (nSPS) is 12.3. The monoisotopic (exact) mass is 731 g/mol. The number of halogens is 1. The van der Waals surface area contributed by atoms with Crippen molar-refractivity contribution in [3.8, 4) is 22.5 Å². The molecule has 16 heteroatoms. The highest BCUT2D eigenvalue weighted by Gasteiger charge is 2.27. The summed E-state index contributed by atoms with van der Waals surface area (Å²) in [5.41, 5.74) is 2.53. The van der Waals surface area contributed by atoms with Crippen LogP contribution in [-0.4, -0.2) is 74.5 Å². The van der Waals surface area contributed by atoms with E-state index in [2.05, 4.69) is 14.2 Å². The van der Waals surface area contributed by atoms with E-state index in [0.717, 1.165) is 49.5 Å². The Hall–Kier alpha value is -2.66. The number of hydrogen-bond donors (Lipinski definition) is 2. The molecule has 4 rings (SSSR count). The number of anilines is 1. The highest BCUT2D eigenvalue weighted by atomic mass is 35.5. The predicted octanol–water partition coefficient (Wildman–Crippen LogP) is 1.08. The molecule has 1 heterocycles. The summed E-state index contributed by atoms with van der Waals surface area (Å²) in [6.07, 6.45) is 1.02. The Balaban J connectivity index is 0.00000576. The lowest BCUT2D eigenvalue weighted by atomic mass is 9.93. The summed E-state index contributed by atoms with van der Waals surface area (Å²) < 4.78 is 95.8. The fourth-order valence-corrected chi connectivity index (χ4v) is 8.90. The Bertz CT molecular complexity index is 2090. The fourth-order valence-electron chi connectivity index (χ4n) is 5.27. The summed E-state index contributed by atoms with van der Waals surface area (Å²) in [5, 5.41) is 1.49. The number of rotatable bonds is 13. The van der Waals surface area contributed by atoms with Crippen LogP contribution in [0.2, 0.25) is 0 Å². The number of fused-ring (bicyclic) bond motifs is 2. The van der Waals surface area contributed by atoms with Gasteiger partial charge < -0.3 is 21.7 Å². The van der Waals surface area contributed by atoms with E-state index in [1.54, 1.807) is 0 Å². The zero-order chi connectivity index (χ0) is 33.2. The Morgan fingerprint density at radius 2 is 1.52 bits per heavy atom. The van der Waals surface area contributed by atoms with Crippen LogP contribution >= 0.6 is 10.8 Å². The van der Waals surface area contributed by atoms with Crippen LogP contribution in [0.25, 0.3) is 33.4 Å². The van der Waals surface area contributed by atoms with Crippen molar-refractivity contribution < 1.29 is 46.6 Å². The van der Waals surface area contributed by atoms with Crippen molar-refractivity contribution in [1.82, 2.24) is 9.30 Å². The third-order valence-electron chi connectivity index (χ3n) is 7.45. The van der Waals surface area contributed by atoms with Crippen molar-refractivity contribution in [1.29, 1.82) is 0 Å². The lowest BCUT2D eigenvalue weighted by Gasteiger charge is -2.22. The van der Waals surface area contributed by atoms with Gasteiger partial charge in [0.05, 0.1) is 11.0 Å². The molecule has 1 aliphatic heterocycles. The highest BCUT2D eigenvalue weighted by Crippen LogP contribution is 2.43. The largest absolute Gasteiger partial charge is 1.00 e. The van der Waals surface area contributed by atoms with Crippen LogP contribution < -0.4 is 32.0 Å². The summed E-state index contributed by atoms with van der Waals surface area (Å²) in [7, 11) is -12.0. The van der Waals surface area contributed by atoms with E-state index in [4.69, 9.17) is 4.42 Å². The molecule has 0 fully saturated rings. The second kappa shape index (κ2) is 15.0. The molecule has 0 saturated heterocycles. The number of nitrogens with zero attached hydrogens (tertiary/aromatic N) is 2. The van der Waals surface area contributed by atoms with Crippen molar-refractivity contribution in [2.24, 2.45) is 0 Å². The van der Waals surface area contributed by atoms with Crippen LogP contribution in [0.15, 0.2) is 68.8 Å². The van der Waals surface area contributed by atoms with Gasteiger partial charge in [0.15, 0.2) is 8.87 Å². The standard InChI is InChI=1S/C30H37N3O8S4.ClH/c1-6-32(7-2)21-10-13-24-27(18-21)41-28-19-22(33(8-3)9-4)11-14-25(28)30(24)26-15-12-23(20-29(26)45(38,39)40)44(36,37)31-16-17-42-43(5,34)35;/h10-15,18-20,31H,6-9,16-17H2,1-5H3;1H. The number of sulfonamides is 1. The first kappa shape index (κ1) is 37.8. The third-order valence-corrected chi connectivity index (χ3v) is 12.4. The van der Waals surface area contributed by atoms with E-state index in [9.17, 15) is 29.8 Å². The molecule has 0 atom stereocenters. The molecule has 252 valence electrons. The van der Waals surface area contributed by atoms with Crippen LogP contribution in [0.1, 0.15) is 27.7 Å². The quantitative estimate of drug-likeness (QED) is 0.0672. The van der Waals surface area contributed by atoms with E-state index < -0.39 is 38.8 Å². The maximum atomic E-state index is 13.1. The van der Waals surface area contributed by atoms with Crippen LogP contribution in [0.4, 0.5) is 5.69 Å². The zero-order valence-corrected chi connectivity index (χ0v) is 30.2. The van der Waals surface area contributed by atoms with E-state index in [-0.39, 0.29) is 30.3 Å². The molecule has 0 amide bonds. The van der Waals surface area contributed by atoms with Gasteiger partial charge in [0.1, 0.15) is 29.3 Å². The van der Waals surface area contributed by atoms with Gasteiger partial charge in [0, 0.05) is 71.5 Å². The van der Waals surface area contributed by atoms with E-state index in [1.165, 1.54) is 12.1 Å². The molecule has 0 bridgehead atoms. The van der Waals surface area contributed by atoms with Crippen LogP contribution in [0.5, 0.6) is 0 Å². The topological polar surface area (TPSA) is 154 Å². The van der Waals surface area contributed by atoms with Crippen molar-refractivity contribution in [2.45, 2.75) is 37.5 Å². The summed E-state index contributed by atoms with van der Waals surface area (Å²) in [6.45, 7) is 11.0. The molecule has 1 aliphatic carbocycles. The molecule has 11 nitrogen and oxygen atoms in total. The first-order chi connectivity index (χ1) is 21.1. The molecule has 2 aromatic rings. The summed E-state index contributed by atoms with van der Waals surface area (Å²) in [5.74, 6) is 0.444. The number of hydrogen-bond acceptors (Lipinski definition) is 9. The Kier molecular flexibility index (Phi) is 12.4. The van der Waals surface area contributed by atoms with Crippen molar-refractivity contribution in [3.63, 3.8) is 0 Å². The molecule has 0 spiro atoms. The van der Waals surface area contributed by atoms with Gasteiger partial charge >= 0.3 is 0 Å². The van der Waals surface area contributed by atoms with Gasteiger partial charge in [-0.2, -0.15) is 8.42 Å². The van der Waals surface area contributed by atoms with Gasteiger partial charge in [0.25, 0.3) is 10.1 Å². The molecule has 2 N–H and O–H groups in total. The Morgan fingerprint density at radius 3 is 2.11 bits per heavy atom. The minimum absolute atomic E-state index is 0. The minimum Gasteiger partial charge on any atom is -1.00 e. The lowest BCUT2D eigenvalue weighted by molar-refractivity contribution is -0.0000186.